The molecule has 0 saturated heterocycles. The highest BCUT2D eigenvalue weighted by Gasteiger charge is 2.07. The zero-order valence-electron chi connectivity index (χ0n) is 16.1. The van der Waals surface area contributed by atoms with E-state index in [4.69, 9.17) is 0 Å². The SMILES string of the molecule is CSCCCNC(=NCc1csc(N(C)C)n1)NCc1nnc(C)n1C. The average molecular weight is 397 g/mol. The lowest BCUT2D eigenvalue weighted by Crippen LogP contribution is -2.38. The van der Waals surface area contributed by atoms with Gasteiger partial charge in [0.1, 0.15) is 5.82 Å². The second kappa shape index (κ2) is 10.4. The van der Waals surface area contributed by atoms with Crippen molar-refractivity contribution < 1.29 is 0 Å². The van der Waals surface area contributed by atoms with Gasteiger partial charge in [0.25, 0.3) is 0 Å². The van der Waals surface area contributed by atoms with Gasteiger partial charge in [-0.15, -0.1) is 21.5 Å². The molecule has 2 heterocycles. The number of aryl methyl sites for hydroxylation is 1. The predicted molar refractivity (Wildman–Crippen MR) is 111 cm³/mol. The van der Waals surface area contributed by atoms with E-state index < -0.39 is 0 Å². The van der Waals surface area contributed by atoms with Gasteiger partial charge in [-0.25, -0.2) is 9.98 Å². The monoisotopic (exact) mass is 396 g/mol. The van der Waals surface area contributed by atoms with Crippen LogP contribution in [0.2, 0.25) is 0 Å². The minimum atomic E-state index is 0.542. The van der Waals surface area contributed by atoms with Crippen molar-refractivity contribution in [2.45, 2.75) is 26.4 Å². The van der Waals surface area contributed by atoms with Crippen LogP contribution in [0.3, 0.4) is 0 Å². The van der Waals surface area contributed by atoms with Crippen LogP contribution in [0.1, 0.15) is 23.8 Å². The van der Waals surface area contributed by atoms with Crippen LogP contribution in [0.5, 0.6) is 0 Å². The van der Waals surface area contributed by atoms with Gasteiger partial charge >= 0.3 is 0 Å². The molecule has 0 amide bonds. The molecule has 2 aromatic heterocycles. The molecule has 0 unspecified atom stereocenters. The molecule has 8 nitrogen and oxygen atoms in total. The van der Waals surface area contributed by atoms with Gasteiger partial charge in [0, 0.05) is 33.1 Å². The second-order valence-electron chi connectivity index (χ2n) is 6.03. The standard InChI is InChI=1S/C16H28N8S2/c1-12-21-22-14(24(12)4)10-19-15(17-7-6-8-25-5)18-9-13-11-26-16(20-13)23(2)3/h11H,6-10H2,1-5H3,(H2,17,18,19). The second-order valence-corrected chi connectivity index (χ2v) is 7.85. The first-order valence-corrected chi connectivity index (χ1v) is 10.8. The molecule has 2 rings (SSSR count). The lowest BCUT2D eigenvalue weighted by atomic mass is 10.4. The molecule has 0 spiro atoms. The maximum Gasteiger partial charge on any atom is 0.192 e. The fraction of sp³-hybridized carbons (Fsp3) is 0.625. The van der Waals surface area contributed by atoms with Crippen LogP contribution in [0.15, 0.2) is 10.4 Å². The molecule has 0 fully saturated rings. The van der Waals surface area contributed by atoms with Crippen molar-refractivity contribution in [2.75, 3.05) is 37.5 Å². The third-order valence-corrected chi connectivity index (χ3v) is 5.49. The zero-order chi connectivity index (χ0) is 18.9. The Kier molecular flexibility index (Phi) is 8.17. The molecule has 0 aliphatic heterocycles. The van der Waals surface area contributed by atoms with Crippen LogP contribution in [0.4, 0.5) is 5.13 Å². The first kappa shape index (κ1) is 20.5. The Bertz CT molecular complexity index is 707. The first-order valence-electron chi connectivity index (χ1n) is 8.49. The van der Waals surface area contributed by atoms with Crippen LogP contribution < -0.4 is 15.5 Å². The van der Waals surface area contributed by atoms with E-state index in [9.17, 15) is 0 Å². The summed E-state index contributed by atoms with van der Waals surface area (Å²) in [6.07, 6.45) is 3.21. The summed E-state index contributed by atoms with van der Waals surface area (Å²) in [7, 11) is 5.96. The molecule has 0 bridgehead atoms. The number of thioether (sulfide) groups is 1. The van der Waals surface area contributed by atoms with Crippen molar-refractivity contribution in [3.8, 4) is 0 Å². The van der Waals surface area contributed by atoms with Crippen LogP contribution in [-0.4, -0.2) is 58.4 Å². The van der Waals surface area contributed by atoms with Gasteiger partial charge in [-0.1, -0.05) is 0 Å². The molecule has 0 aliphatic carbocycles. The first-order chi connectivity index (χ1) is 12.5. The van der Waals surface area contributed by atoms with E-state index in [1.807, 2.05) is 49.3 Å². The maximum atomic E-state index is 4.67. The Morgan fingerprint density at radius 3 is 2.77 bits per heavy atom. The lowest BCUT2D eigenvalue weighted by Gasteiger charge is -2.12. The van der Waals surface area contributed by atoms with Gasteiger partial charge in [0.05, 0.1) is 18.8 Å². The maximum absolute atomic E-state index is 4.67. The summed E-state index contributed by atoms with van der Waals surface area (Å²) >= 11 is 3.48. The van der Waals surface area contributed by atoms with E-state index in [1.54, 1.807) is 11.3 Å². The van der Waals surface area contributed by atoms with Crippen molar-refractivity contribution in [1.29, 1.82) is 0 Å². The summed E-state index contributed by atoms with van der Waals surface area (Å²) in [6, 6.07) is 0. The number of guanidine groups is 1. The molecule has 0 radical (unpaired) electrons. The van der Waals surface area contributed by atoms with Crippen molar-refractivity contribution in [3.63, 3.8) is 0 Å². The lowest BCUT2D eigenvalue weighted by molar-refractivity contribution is 0.710. The van der Waals surface area contributed by atoms with E-state index in [0.29, 0.717) is 13.1 Å². The van der Waals surface area contributed by atoms with E-state index in [1.165, 1.54) is 0 Å². The van der Waals surface area contributed by atoms with Crippen molar-refractivity contribution in [2.24, 2.45) is 12.0 Å². The van der Waals surface area contributed by atoms with Gasteiger partial charge in [0.2, 0.25) is 0 Å². The topological polar surface area (TPSA) is 83.3 Å². The molecule has 0 aliphatic rings. The van der Waals surface area contributed by atoms with Gasteiger partial charge < -0.3 is 20.1 Å². The van der Waals surface area contributed by atoms with E-state index in [-0.39, 0.29) is 0 Å². The minimum Gasteiger partial charge on any atom is -0.356 e. The van der Waals surface area contributed by atoms with Gasteiger partial charge in [0.15, 0.2) is 16.9 Å². The number of aliphatic imine (C=N–C) groups is 1. The summed E-state index contributed by atoms with van der Waals surface area (Å²) in [4.78, 5) is 11.3. The Morgan fingerprint density at radius 2 is 2.15 bits per heavy atom. The molecule has 0 aromatic carbocycles. The summed E-state index contributed by atoms with van der Waals surface area (Å²) in [5, 5.41) is 18.0. The average Bonchev–Trinajstić information content (AvgIpc) is 3.22. The molecule has 2 aromatic rings. The normalized spacial score (nSPS) is 11.7. The number of rotatable bonds is 9. The molecule has 10 heteroatoms. The smallest absolute Gasteiger partial charge is 0.192 e. The summed E-state index contributed by atoms with van der Waals surface area (Å²) in [6.45, 7) is 3.94. The van der Waals surface area contributed by atoms with Crippen molar-refractivity contribution >= 4 is 34.2 Å². The van der Waals surface area contributed by atoms with Crippen molar-refractivity contribution in [3.05, 3.63) is 22.7 Å². The predicted octanol–water partition coefficient (Wildman–Crippen LogP) is 1.63. The van der Waals surface area contributed by atoms with Crippen LogP contribution in [0.25, 0.3) is 0 Å². The largest absolute Gasteiger partial charge is 0.356 e. The number of anilines is 1. The summed E-state index contributed by atoms with van der Waals surface area (Å²) in [5.41, 5.74) is 0.971. The zero-order valence-corrected chi connectivity index (χ0v) is 17.7. The van der Waals surface area contributed by atoms with Crippen LogP contribution >= 0.6 is 23.1 Å². The van der Waals surface area contributed by atoms with E-state index in [2.05, 4.69) is 42.4 Å². The number of aromatic nitrogens is 4. The number of nitrogens with zero attached hydrogens (tertiary/aromatic N) is 6. The quantitative estimate of drug-likeness (QED) is 0.379. The molecular formula is C16H28N8S2. The third kappa shape index (κ3) is 6.17. The number of hydrogen-bond acceptors (Lipinski definition) is 7. The van der Waals surface area contributed by atoms with Crippen LogP contribution in [-0.2, 0) is 20.1 Å². The number of nitrogens with one attached hydrogen (secondary N) is 2. The molecule has 0 atom stereocenters. The number of thiazole rings is 1. The highest BCUT2D eigenvalue weighted by molar-refractivity contribution is 7.98. The van der Waals surface area contributed by atoms with Crippen LogP contribution in [0, 0.1) is 6.92 Å². The highest BCUT2D eigenvalue weighted by atomic mass is 32.2. The Labute approximate surface area is 163 Å². The van der Waals surface area contributed by atoms with E-state index in [0.717, 1.165) is 47.2 Å². The Morgan fingerprint density at radius 1 is 1.35 bits per heavy atom. The summed E-state index contributed by atoms with van der Waals surface area (Å²) in [5.74, 6) is 3.67. The molecule has 2 N–H and O–H groups in total. The Hall–Kier alpha value is -1.81. The number of hydrogen-bond donors (Lipinski definition) is 2. The minimum absolute atomic E-state index is 0.542. The van der Waals surface area contributed by atoms with Gasteiger partial charge in [-0.3, -0.25) is 0 Å². The molecule has 0 saturated carbocycles. The van der Waals surface area contributed by atoms with Gasteiger partial charge in [-0.05, 0) is 25.4 Å². The van der Waals surface area contributed by atoms with Gasteiger partial charge in [-0.2, -0.15) is 11.8 Å². The fourth-order valence-electron chi connectivity index (χ4n) is 2.10. The summed E-state index contributed by atoms with van der Waals surface area (Å²) < 4.78 is 1.97. The molecule has 26 heavy (non-hydrogen) atoms. The van der Waals surface area contributed by atoms with E-state index >= 15 is 0 Å². The molecular weight excluding hydrogens is 368 g/mol. The third-order valence-electron chi connectivity index (χ3n) is 3.74. The van der Waals surface area contributed by atoms with Crippen molar-refractivity contribution in [1.82, 2.24) is 30.4 Å². The Balaban J connectivity index is 1.97. The highest BCUT2D eigenvalue weighted by Crippen LogP contribution is 2.18. The fourth-order valence-corrected chi connectivity index (χ4v) is 3.28. The molecule has 144 valence electrons.